The van der Waals surface area contributed by atoms with Crippen molar-refractivity contribution in [2.24, 2.45) is 5.41 Å². The SMILES string of the molecule is CN(Cc1ccc(Cl)c(Cl)c1)C(=O)COC(=O)C1(C)CC1(Cl)Cl. The third-order valence-corrected chi connectivity index (χ3v) is 5.71. The summed E-state index contributed by atoms with van der Waals surface area (Å²) in [4.78, 5) is 25.4. The van der Waals surface area contributed by atoms with Gasteiger partial charge in [0.2, 0.25) is 0 Å². The first-order valence-corrected chi connectivity index (χ1v) is 8.31. The lowest BCUT2D eigenvalue weighted by Crippen LogP contribution is -2.32. The molecule has 1 aliphatic carbocycles. The fourth-order valence-electron chi connectivity index (χ4n) is 2.02. The van der Waals surface area contributed by atoms with E-state index >= 15 is 0 Å². The van der Waals surface area contributed by atoms with Gasteiger partial charge in [-0.25, -0.2) is 0 Å². The fraction of sp³-hybridized carbons (Fsp3) is 0.467. The van der Waals surface area contributed by atoms with Crippen LogP contribution in [0.4, 0.5) is 0 Å². The molecule has 23 heavy (non-hydrogen) atoms. The second-order valence-corrected chi connectivity index (χ2v) is 8.09. The maximum Gasteiger partial charge on any atom is 0.315 e. The minimum atomic E-state index is -1.11. The number of esters is 1. The van der Waals surface area contributed by atoms with Gasteiger partial charge in [0.05, 0.1) is 10.0 Å². The Hall–Kier alpha value is -0.680. The van der Waals surface area contributed by atoms with Crippen molar-refractivity contribution >= 4 is 58.3 Å². The number of halogens is 4. The molecule has 1 unspecified atom stereocenters. The van der Waals surface area contributed by atoms with Gasteiger partial charge in [-0.15, -0.1) is 23.2 Å². The van der Waals surface area contributed by atoms with Gasteiger partial charge in [0.25, 0.3) is 5.91 Å². The average Bonchev–Trinajstić information content (AvgIpc) is 2.99. The lowest BCUT2D eigenvalue weighted by atomic mass is 10.1. The lowest BCUT2D eigenvalue weighted by Gasteiger charge is -2.18. The number of alkyl halides is 2. The number of carbonyl (C=O) groups excluding carboxylic acids is 2. The van der Waals surface area contributed by atoms with Crippen LogP contribution in [-0.4, -0.2) is 34.8 Å². The van der Waals surface area contributed by atoms with Crippen LogP contribution in [0.3, 0.4) is 0 Å². The van der Waals surface area contributed by atoms with Crippen molar-refractivity contribution in [1.29, 1.82) is 0 Å². The summed E-state index contributed by atoms with van der Waals surface area (Å²) >= 11 is 23.6. The summed E-state index contributed by atoms with van der Waals surface area (Å²) in [6.45, 7) is 1.56. The smallest absolute Gasteiger partial charge is 0.315 e. The van der Waals surface area contributed by atoms with Crippen molar-refractivity contribution < 1.29 is 14.3 Å². The predicted octanol–water partition coefficient (Wildman–Crippen LogP) is 4.08. The number of hydrogen-bond acceptors (Lipinski definition) is 3. The predicted molar refractivity (Wildman–Crippen MR) is 91.1 cm³/mol. The maximum absolute atomic E-state index is 12.0. The number of likely N-dealkylation sites (N-methyl/N-ethyl adjacent to an activating group) is 1. The molecule has 1 atom stereocenters. The summed E-state index contributed by atoms with van der Waals surface area (Å²) < 4.78 is 3.91. The summed E-state index contributed by atoms with van der Waals surface area (Å²) in [6.07, 6.45) is 0.315. The number of ether oxygens (including phenoxy) is 1. The fourth-order valence-corrected chi connectivity index (χ4v) is 3.03. The number of carbonyl (C=O) groups is 2. The average molecular weight is 399 g/mol. The van der Waals surface area contributed by atoms with Crippen LogP contribution in [0.25, 0.3) is 0 Å². The van der Waals surface area contributed by atoms with Gasteiger partial charge < -0.3 is 9.64 Å². The second kappa shape index (κ2) is 6.67. The molecule has 0 aromatic heterocycles. The summed E-state index contributed by atoms with van der Waals surface area (Å²) in [6, 6.07) is 5.11. The first-order chi connectivity index (χ1) is 10.6. The lowest BCUT2D eigenvalue weighted by molar-refractivity contribution is -0.156. The van der Waals surface area contributed by atoms with E-state index in [4.69, 9.17) is 51.1 Å². The van der Waals surface area contributed by atoms with Crippen LogP contribution in [-0.2, 0) is 20.9 Å². The van der Waals surface area contributed by atoms with Crippen molar-refractivity contribution in [1.82, 2.24) is 4.90 Å². The molecule has 0 N–H and O–H groups in total. The molecule has 0 aliphatic heterocycles. The Morgan fingerprint density at radius 3 is 2.39 bits per heavy atom. The number of rotatable bonds is 5. The third kappa shape index (κ3) is 4.05. The first-order valence-electron chi connectivity index (χ1n) is 6.80. The molecule has 1 amide bonds. The molecule has 1 fully saturated rings. The van der Waals surface area contributed by atoms with E-state index in [-0.39, 0.29) is 12.5 Å². The number of nitrogens with zero attached hydrogens (tertiary/aromatic N) is 1. The minimum Gasteiger partial charge on any atom is -0.455 e. The van der Waals surface area contributed by atoms with E-state index < -0.39 is 15.7 Å². The van der Waals surface area contributed by atoms with E-state index in [0.29, 0.717) is 23.0 Å². The van der Waals surface area contributed by atoms with Crippen LogP contribution in [0.1, 0.15) is 18.9 Å². The van der Waals surface area contributed by atoms with Crippen LogP contribution < -0.4 is 0 Å². The van der Waals surface area contributed by atoms with Crippen molar-refractivity contribution in [3.63, 3.8) is 0 Å². The summed E-state index contributed by atoms with van der Waals surface area (Å²) in [5.74, 6) is -0.915. The molecule has 8 heteroatoms. The van der Waals surface area contributed by atoms with Gasteiger partial charge in [-0.05, 0) is 24.6 Å². The Balaban J connectivity index is 1.86. The third-order valence-electron chi connectivity index (χ3n) is 3.86. The Morgan fingerprint density at radius 2 is 1.87 bits per heavy atom. The minimum absolute atomic E-state index is 0.315. The van der Waals surface area contributed by atoms with Gasteiger partial charge in [-0.3, -0.25) is 9.59 Å². The van der Waals surface area contributed by atoms with E-state index in [0.717, 1.165) is 5.56 Å². The Bertz CT molecular complexity index is 650. The van der Waals surface area contributed by atoms with Crippen LogP contribution in [0, 0.1) is 5.41 Å². The molecule has 0 bridgehead atoms. The number of benzene rings is 1. The van der Waals surface area contributed by atoms with Crippen molar-refractivity contribution in [3.8, 4) is 0 Å². The molecule has 4 nitrogen and oxygen atoms in total. The van der Waals surface area contributed by atoms with Gasteiger partial charge >= 0.3 is 5.97 Å². The Morgan fingerprint density at radius 1 is 1.26 bits per heavy atom. The highest BCUT2D eigenvalue weighted by Crippen LogP contribution is 2.64. The van der Waals surface area contributed by atoms with E-state index in [1.165, 1.54) is 4.90 Å². The van der Waals surface area contributed by atoms with Crippen molar-refractivity contribution in [3.05, 3.63) is 33.8 Å². The van der Waals surface area contributed by atoms with Crippen LogP contribution in [0.2, 0.25) is 10.0 Å². The zero-order valence-electron chi connectivity index (χ0n) is 12.5. The number of hydrogen-bond donors (Lipinski definition) is 0. The molecule has 0 spiro atoms. The highest BCUT2D eigenvalue weighted by atomic mass is 35.5. The molecule has 0 heterocycles. The number of amides is 1. The molecule has 126 valence electrons. The maximum atomic E-state index is 12.0. The highest BCUT2D eigenvalue weighted by Gasteiger charge is 2.69. The van der Waals surface area contributed by atoms with Gasteiger partial charge in [0.15, 0.2) is 6.61 Å². The van der Waals surface area contributed by atoms with Crippen molar-refractivity contribution in [2.75, 3.05) is 13.7 Å². The van der Waals surface area contributed by atoms with E-state index in [2.05, 4.69) is 0 Å². The van der Waals surface area contributed by atoms with Crippen LogP contribution in [0.5, 0.6) is 0 Å². The molecule has 2 rings (SSSR count). The zero-order valence-corrected chi connectivity index (χ0v) is 15.6. The Labute approximate surface area is 154 Å². The molecule has 1 aliphatic rings. The summed E-state index contributed by atoms with van der Waals surface area (Å²) in [7, 11) is 1.60. The molecule has 1 saturated carbocycles. The molecule has 0 radical (unpaired) electrons. The van der Waals surface area contributed by atoms with Crippen molar-refractivity contribution in [2.45, 2.75) is 24.2 Å². The molecular weight excluding hydrogens is 384 g/mol. The largest absolute Gasteiger partial charge is 0.455 e. The summed E-state index contributed by atoms with van der Waals surface area (Å²) in [5, 5.41) is 0.861. The van der Waals surface area contributed by atoms with Gasteiger partial charge in [-0.1, -0.05) is 29.3 Å². The normalized spacial score (nSPS) is 21.7. The molecule has 1 aromatic rings. The van der Waals surface area contributed by atoms with E-state index in [1.54, 1.807) is 32.2 Å². The Kier molecular flexibility index (Phi) is 5.41. The monoisotopic (exact) mass is 397 g/mol. The molecule has 1 aromatic carbocycles. The topological polar surface area (TPSA) is 46.6 Å². The van der Waals surface area contributed by atoms with Crippen LogP contribution >= 0.6 is 46.4 Å². The zero-order chi connectivity index (χ0) is 17.4. The van der Waals surface area contributed by atoms with Gasteiger partial charge in [0.1, 0.15) is 9.75 Å². The van der Waals surface area contributed by atoms with Crippen LogP contribution in [0.15, 0.2) is 18.2 Å². The quantitative estimate of drug-likeness (QED) is 0.554. The van der Waals surface area contributed by atoms with E-state index in [9.17, 15) is 9.59 Å². The van der Waals surface area contributed by atoms with E-state index in [1.807, 2.05) is 0 Å². The van der Waals surface area contributed by atoms with Gasteiger partial charge in [0, 0.05) is 20.0 Å². The van der Waals surface area contributed by atoms with Gasteiger partial charge in [-0.2, -0.15) is 0 Å². The highest BCUT2D eigenvalue weighted by molar-refractivity contribution is 6.53. The second-order valence-electron chi connectivity index (χ2n) is 5.79. The standard InChI is InChI=1S/C15H15Cl4NO3/c1-14(8-15(14,18)19)13(22)23-7-12(21)20(2)6-9-3-4-10(16)11(17)5-9/h3-5H,6-8H2,1-2H3. The molecular formula is C15H15Cl4NO3. The summed E-state index contributed by atoms with van der Waals surface area (Å²) in [5.41, 5.74) is -0.130. The first kappa shape index (κ1) is 18.7. The molecule has 0 saturated heterocycles.